The molecule has 0 bridgehead atoms. The van der Waals surface area contributed by atoms with Crippen molar-refractivity contribution in [3.05, 3.63) is 62.9 Å². The Bertz CT molecular complexity index is 984. The van der Waals surface area contributed by atoms with Gasteiger partial charge < -0.3 is 24.9 Å². The van der Waals surface area contributed by atoms with Gasteiger partial charge in [-0.1, -0.05) is 6.07 Å². The first-order chi connectivity index (χ1) is 11.6. The number of nitrogens with zero attached hydrogens (tertiary/aromatic N) is 1. The van der Waals surface area contributed by atoms with Gasteiger partial charge in [-0.2, -0.15) is 5.26 Å². The fourth-order valence-electron chi connectivity index (χ4n) is 3.03. The number of nitrogens with two attached hydrogens (primary N) is 1. The number of ether oxygens (including phenoxy) is 3. The van der Waals surface area contributed by atoms with Crippen molar-refractivity contribution in [1.29, 1.82) is 5.26 Å². The molecule has 7 nitrogen and oxygen atoms in total. The molecule has 24 heavy (non-hydrogen) atoms. The molecular weight excluding hydrogens is 310 g/mol. The van der Waals surface area contributed by atoms with Gasteiger partial charge >= 0.3 is 0 Å². The van der Waals surface area contributed by atoms with E-state index in [4.69, 9.17) is 19.9 Å². The summed E-state index contributed by atoms with van der Waals surface area (Å²) in [7, 11) is 0. The molecule has 1 aromatic heterocycles. The summed E-state index contributed by atoms with van der Waals surface area (Å²) in [5.41, 5.74) is 7.50. The number of nitrogens with one attached hydrogen (secondary N) is 1. The minimum atomic E-state index is -0.627. The van der Waals surface area contributed by atoms with Gasteiger partial charge in [0.25, 0.3) is 5.56 Å². The Balaban J connectivity index is 1.96. The predicted molar refractivity (Wildman–Crippen MR) is 83.7 cm³/mol. The number of pyridine rings is 1. The van der Waals surface area contributed by atoms with Crippen LogP contribution < -0.4 is 25.5 Å². The molecule has 3 N–H and O–H groups in total. The average molecular weight is 323 g/mol. The molecule has 0 saturated heterocycles. The highest BCUT2D eigenvalue weighted by atomic mass is 16.7. The van der Waals surface area contributed by atoms with Crippen molar-refractivity contribution in [2.24, 2.45) is 5.73 Å². The van der Waals surface area contributed by atoms with Crippen LogP contribution >= 0.6 is 0 Å². The monoisotopic (exact) mass is 323 g/mol. The molecule has 1 unspecified atom stereocenters. The van der Waals surface area contributed by atoms with Crippen molar-refractivity contribution in [2.45, 2.75) is 12.8 Å². The van der Waals surface area contributed by atoms with E-state index in [0.29, 0.717) is 34.1 Å². The van der Waals surface area contributed by atoms with Crippen LogP contribution in [0, 0.1) is 18.3 Å². The van der Waals surface area contributed by atoms with Crippen LogP contribution in [0.5, 0.6) is 17.2 Å². The molecule has 0 amide bonds. The first-order valence-electron chi connectivity index (χ1n) is 7.29. The van der Waals surface area contributed by atoms with Crippen LogP contribution in [0.15, 0.2) is 40.5 Å². The Morgan fingerprint density at radius 1 is 1.25 bits per heavy atom. The van der Waals surface area contributed by atoms with Crippen molar-refractivity contribution in [1.82, 2.24) is 4.98 Å². The van der Waals surface area contributed by atoms with Crippen LogP contribution in [-0.4, -0.2) is 11.8 Å². The van der Waals surface area contributed by atoms with E-state index in [-0.39, 0.29) is 23.8 Å². The van der Waals surface area contributed by atoms with Crippen molar-refractivity contribution in [2.75, 3.05) is 6.79 Å². The molecule has 0 radical (unpaired) electrons. The van der Waals surface area contributed by atoms with E-state index in [1.54, 1.807) is 31.2 Å². The summed E-state index contributed by atoms with van der Waals surface area (Å²) >= 11 is 0. The molecular formula is C17H13N3O4. The highest BCUT2D eigenvalue weighted by molar-refractivity contribution is 5.57. The molecule has 0 fully saturated rings. The van der Waals surface area contributed by atoms with Crippen molar-refractivity contribution >= 4 is 0 Å². The van der Waals surface area contributed by atoms with Gasteiger partial charge in [-0.15, -0.1) is 0 Å². The van der Waals surface area contributed by atoms with Gasteiger partial charge in [0, 0.05) is 11.8 Å². The lowest BCUT2D eigenvalue weighted by atomic mass is 9.84. The average Bonchev–Trinajstić information content (AvgIpc) is 3.00. The number of allylic oxidation sites excluding steroid dienone is 1. The lowest BCUT2D eigenvalue weighted by Gasteiger charge is -2.25. The molecule has 2 aliphatic rings. The van der Waals surface area contributed by atoms with Crippen LogP contribution in [0.25, 0.3) is 0 Å². The predicted octanol–water partition coefficient (Wildman–Crippen LogP) is 1.63. The summed E-state index contributed by atoms with van der Waals surface area (Å²) in [5.74, 6) is 0.921. The smallest absolute Gasteiger partial charge is 0.256 e. The summed E-state index contributed by atoms with van der Waals surface area (Å²) in [6, 6.07) is 9.04. The lowest BCUT2D eigenvalue weighted by molar-refractivity contribution is 0.174. The highest BCUT2D eigenvalue weighted by Crippen LogP contribution is 2.43. The highest BCUT2D eigenvalue weighted by Gasteiger charge is 2.34. The second-order valence-electron chi connectivity index (χ2n) is 5.60. The molecule has 2 aromatic rings. The van der Waals surface area contributed by atoms with Gasteiger partial charge in [-0.3, -0.25) is 4.79 Å². The van der Waals surface area contributed by atoms with Gasteiger partial charge in [0.1, 0.15) is 17.4 Å². The summed E-state index contributed by atoms with van der Waals surface area (Å²) in [4.78, 5) is 15.3. The number of fused-ring (bicyclic) bond motifs is 2. The Morgan fingerprint density at radius 2 is 2.04 bits per heavy atom. The van der Waals surface area contributed by atoms with Crippen LogP contribution in [0.2, 0.25) is 0 Å². The van der Waals surface area contributed by atoms with E-state index in [9.17, 15) is 10.1 Å². The third kappa shape index (κ3) is 2.01. The summed E-state index contributed by atoms with van der Waals surface area (Å²) in [6.45, 7) is 1.90. The topological polar surface area (TPSA) is 110 Å². The molecule has 0 spiro atoms. The molecule has 0 aliphatic carbocycles. The number of nitriles is 1. The molecule has 2 aliphatic heterocycles. The summed E-state index contributed by atoms with van der Waals surface area (Å²) < 4.78 is 16.2. The van der Waals surface area contributed by atoms with Crippen LogP contribution in [0.4, 0.5) is 0 Å². The lowest BCUT2D eigenvalue weighted by Crippen LogP contribution is -2.28. The standard InChI is InChI=1S/C17H13N3O4/c1-8-4-13-15(17(21)20-8)14(10(6-18)16(19)24-13)9-2-3-11-12(5-9)23-7-22-11/h2-5,14H,7,19H2,1H3,(H,20,21). The number of aryl methyl sites for hydroxylation is 1. The van der Waals surface area contributed by atoms with E-state index in [1.807, 2.05) is 0 Å². The zero-order chi connectivity index (χ0) is 16.8. The zero-order valence-corrected chi connectivity index (χ0v) is 12.8. The van der Waals surface area contributed by atoms with Crippen molar-refractivity contribution in [3.8, 4) is 23.3 Å². The first-order valence-corrected chi connectivity index (χ1v) is 7.29. The third-order valence-corrected chi connectivity index (χ3v) is 4.08. The van der Waals surface area contributed by atoms with E-state index < -0.39 is 5.92 Å². The normalized spacial score (nSPS) is 17.9. The maximum atomic E-state index is 12.5. The van der Waals surface area contributed by atoms with Gasteiger partial charge in [0.15, 0.2) is 11.5 Å². The number of aromatic nitrogens is 1. The first kappa shape index (κ1) is 14.2. The van der Waals surface area contributed by atoms with E-state index in [1.165, 1.54) is 0 Å². The Hall–Kier alpha value is -3.40. The second-order valence-corrected chi connectivity index (χ2v) is 5.60. The fourth-order valence-corrected chi connectivity index (χ4v) is 3.03. The van der Waals surface area contributed by atoms with Gasteiger partial charge in [-0.25, -0.2) is 0 Å². The zero-order valence-electron chi connectivity index (χ0n) is 12.8. The SMILES string of the molecule is Cc1cc2c(c(=O)[nH]1)C(c1ccc3c(c1)OCO3)C(C#N)=C(N)O2. The van der Waals surface area contributed by atoms with E-state index >= 15 is 0 Å². The molecule has 1 atom stereocenters. The number of benzene rings is 1. The molecule has 7 heteroatoms. The molecule has 3 heterocycles. The quantitative estimate of drug-likeness (QED) is 0.825. The number of hydrogen-bond donors (Lipinski definition) is 2. The molecule has 0 saturated carbocycles. The van der Waals surface area contributed by atoms with Crippen LogP contribution in [-0.2, 0) is 0 Å². The van der Waals surface area contributed by atoms with E-state index in [2.05, 4.69) is 11.1 Å². The van der Waals surface area contributed by atoms with Crippen molar-refractivity contribution in [3.63, 3.8) is 0 Å². The van der Waals surface area contributed by atoms with Gasteiger partial charge in [-0.05, 0) is 24.6 Å². The minimum Gasteiger partial charge on any atom is -0.454 e. The number of rotatable bonds is 1. The van der Waals surface area contributed by atoms with Crippen molar-refractivity contribution < 1.29 is 14.2 Å². The number of aromatic amines is 1. The maximum Gasteiger partial charge on any atom is 0.256 e. The Kier molecular flexibility index (Phi) is 3.00. The van der Waals surface area contributed by atoms with Gasteiger partial charge in [0.05, 0.1) is 11.5 Å². The van der Waals surface area contributed by atoms with E-state index in [0.717, 1.165) is 0 Å². The molecule has 4 rings (SSSR count). The molecule has 120 valence electrons. The van der Waals surface area contributed by atoms with Gasteiger partial charge in [0.2, 0.25) is 12.7 Å². The fraction of sp³-hybridized carbons (Fsp3) is 0.176. The minimum absolute atomic E-state index is 0.00216. The summed E-state index contributed by atoms with van der Waals surface area (Å²) in [5, 5.41) is 9.52. The Labute approximate surface area is 136 Å². The molecule has 1 aromatic carbocycles. The largest absolute Gasteiger partial charge is 0.454 e. The van der Waals surface area contributed by atoms with Crippen LogP contribution in [0.3, 0.4) is 0 Å². The van der Waals surface area contributed by atoms with Crippen LogP contribution in [0.1, 0.15) is 22.7 Å². The number of hydrogen-bond acceptors (Lipinski definition) is 6. The third-order valence-electron chi connectivity index (χ3n) is 4.08. The second kappa shape index (κ2) is 5.06. The Morgan fingerprint density at radius 3 is 2.83 bits per heavy atom. The summed E-state index contributed by atoms with van der Waals surface area (Å²) in [6.07, 6.45) is 0. The maximum absolute atomic E-state index is 12.5. The number of H-pyrrole nitrogens is 1.